The lowest BCUT2D eigenvalue weighted by molar-refractivity contribution is 0.391. The van der Waals surface area contributed by atoms with Crippen molar-refractivity contribution in [2.75, 3.05) is 0 Å². The Bertz CT molecular complexity index is 1050. The van der Waals surface area contributed by atoms with Gasteiger partial charge in [0, 0.05) is 12.6 Å². The first-order chi connectivity index (χ1) is 12.6. The van der Waals surface area contributed by atoms with Crippen molar-refractivity contribution in [3.8, 4) is 22.8 Å². The van der Waals surface area contributed by atoms with Gasteiger partial charge in [-0.15, -0.1) is 10.2 Å². The van der Waals surface area contributed by atoms with Crippen molar-refractivity contribution in [2.24, 2.45) is 7.05 Å². The molecule has 0 saturated heterocycles. The molecule has 1 aromatic carbocycles. The first-order valence-corrected chi connectivity index (χ1v) is 9.06. The topological polar surface area (TPSA) is 82.8 Å². The minimum absolute atomic E-state index is 0.523. The second-order valence-corrected chi connectivity index (χ2v) is 6.87. The van der Waals surface area contributed by atoms with E-state index in [9.17, 15) is 0 Å². The summed E-state index contributed by atoms with van der Waals surface area (Å²) in [4.78, 5) is 4.47. The Morgan fingerprint density at radius 1 is 1.15 bits per heavy atom. The van der Waals surface area contributed by atoms with Gasteiger partial charge in [-0.3, -0.25) is 0 Å². The monoisotopic (exact) mass is 367 g/mol. The minimum Gasteiger partial charge on any atom is -0.469 e. The molecule has 7 nitrogen and oxygen atoms in total. The zero-order valence-corrected chi connectivity index (χ0v) is 15.4. The van der Waals surface area contributed by atoms with E-state index < -0.39 is 0 Å². The van der Waals surface area contributed by atoms with Crippen molar-refractivity contribution in [3.05, 3.63) is 53.8 Å². The lowest BCUT2D eigenvalue weighted by Gasteiger charge is -2.01. The maximum absolute atomic E-state index is 5.36. The van der Waals surface area contributed by atoms with Crippen LogP contribution >= 0.6 is 11.8 Å². The molecule has 0 amide bonds. The summed E-state index contributed by atoms with van der Waals surface area (Å²) in [7, 11) is 1.93. The van der Waals surface area contributed by atoms with Crippen LogP contribution in [-0.4, -0.2) is 24.9 Å². The van der Waals surface area contributed by atoms with Crippen molar-refractivity contribution in [1.82, 2.24) is 24.9 Å². The van der Waals surface area contributed by atoms with Gasteiger partial charge in [-0.2, -0.15) is 4.98 Å². The molecular formula is C18H17N5O2S. The molecule has 0 aliphatic carbocycles. The molecule has 0 N–H and O–H groups in total. The molecule has 8 heteroatoms. The Hall–Kier alpha value is -2.87. The Morgan fingerprint density at radius 2 is 2.04 bits per heavy atom. The highest BCUT2D eigenvalue weighted by atomic mass is 32.2. The van der Waals surface area contributed by atoms with Crippen LogP contribution in [0.25, 0.3) is 22.8 Å². The van der Waals surface area contributed by atoms with Gasteiger partial charge in [-0.1, -0.05) is 40.7 Å². The molecule has 132 valence electrons. The zero-order valence-electron chi connectivity index (χ0n) is 14.6. The summed E-state index contributed by atoms with van der Waals surface area (Å²) >= 11 is 1.50. The van der Waals surface area contributed by atoms with Crippen molar-refractivity contribution in [1.29, 1.82) is 0 Å². The number of benzene rings is 1. The van der Waals surface area contributed by atoms with Crippen LogP contribution in [0, 0.1) is 13.8 Å². The molecular weight excluding hydrogens is 350 g/mol. The van der Waals surface area contributed by atoms with Crippen molar-refractivity contribution in [2.45, 2.75) is 24.8 Å². The molecule has 3 aromatic heterocycles. The van der Waals surface area contributed by atoms with Crippen LogP contribution in [0.2, 0.25) is 0 Å². The maximum atomic E-state index is 5.36. The average molecular weight is 367 g/mol. The van der Waals surface area contributed by atoms with E-state index in [1.165, 1.54) is 11.8 Å². The largest absolute Gasteiger partial charge is 0.469 e. The molecule has 4 rings (SSSR count). The van der Waals surface area contributed by atoms with Gasteiger partial charge >= 0.3 is 0 Å². The van der Waals surface area contributed by atoms with Gasteiger partial charge in [-0.05, 0) is 26.0 Å². The number of furan rings is 1. The van der Waals surface area contributed by atoms with E-state index in [1.807, 2.05) is 55.8 Å². The molecule has 0 radical (unpaired) electrons. The number of aromatic nitrogens is 5. The molecule has 0 aliphatic heterocycles. The van der Waals surface area contributed by atoms with Crippen LogP contribution < -0.4 is 0 Å². The summed E-state index contributed by atoms with van der Waals surface area (Å²) in [5, 5.41) is 13.3. The van der Waals surface area contributed by atoms with Crippen LogP contribution in [0.5, 0.6) is 0 Å². The summed E-state index contributed by atoms with van der Waals surface area (Å²) in [6.07, 6.45) is 1.65. The molecule has 0 saturated carbocycles. The third kappa shape index (κ3) is 3.15. The van der Waals surface area contributed by atoms with Crippen LogP contribution in [0.1, 0.15) is 17.2 Å². The second kappa shape index (κ2) is 6.80. The second-order valence-electron chi connectivity index (χ2n) is 5.93. The number of hydrogen-bond donors (Lipinski definition) is 0. The van der Waals surface area contributed by atoms with E-state index in [1.54, 1.807) is 6.26 Å². The normalized spacial score (nSPS) is 11.2. The van der Waals surface area contributed by atoms with Crippen molar-refractivity contribution < 1.29 is 8.94 Å². The van der Waals surface area contributed by atoms with Crippen LogP contribution in [0.15, 0.2) is 50.7 Å². The predicted octanol–water partition coefficient (Wildman–Crippen LogP) is 4.03. The van der Waals surface area contributed by atoms with E-state index >= 15 is 0 Å². The highest BCUT2D eigenvalue weighted by molar-refractivity contribution is 7.98. The fourth-order valence-electron chi connectivity index (χ4n) is 2.63. The summed E-state index contributed by atoms with van der Waals surface area (Å²) in [5.41, 5.74) is 3.04. The highest BCUT2D eigenvalue weighted by Crippen LogP contribution is 2.27. The van der Waals surface area contributed by atoms with Gasteiger partial charge in [0.25, 0.3) is 0 Å². The number of thioether (sulfide) groups is 1. The quantitative estimate of drug-likeness (QED) is 0.492. The maximum Gasteiger partial charge on any atom is 0.237 e. The lowest BCUT2D eigenvalue weighted by atomic mass is 10.1. The first-order valence-electron chi connectivity index (χ1n) is 8.08. The standard InChI is InChI=1S/C18H17N5O2S/c1-11-5-4-6-13(9-11)16-19-15(25-22-16)10-26-18-21-20-17(23(18)3)14-7-8-24-12(14)2/h4-9H,10H2,1-3H3. The van der Waals surface area contributed by atoms with Crippen LogP contribution in [0.4, 0.5) is 0 Å². The number of aryl methyl sites for hydroxylation is 2. The smallest absolute Gasteiger partial charge is 0.237 e. The fraction of sp³-hybridized carbons (Fsp3) is 0.222. The highest BCUT2D eigenvalue weighted by Gasteiger charge is 2.16. The lowest BCUT2D eigenvalue weighted by Crippen LogP contribution is -1.95. The first kappa shape index (κ1) is 16.6. The van der Waals surface area contributed by atoms with Crippen LogP contribution in [-0.2, 0) is 12.8 Å². The Labute approximate surface area is 154 Å². The average Bonchev–Trinajstić information content (AvgIpc) is 3.34. The molecule has 26 heavy (non-hydrogen) atoms. The minimum atomic E-state index is 0.523. The van der Waals surface area contributed by atoms with E-state index in [-0.39, 0.29) is 0 Å². The third-order valence-electron chi connectivity index (χ3n) is 4.00. The zero-order chi connectivity index (χ0) is 18.1. The Morgan fingerprint density at radius 3 is 2.81 bits per heavy atom. The molecule has 4 aromatic rings. The van der Waals surface area contributed by atoms with E-state index in [4.69, 9.17) is 8.94 Å². The SMILES string of the molecule is Cc1cccc(-c2noc(CSc3nnc(-c4ccoc4C)n3C)n2)c1. The van der Waals surface area contributed by atoms with E-state index in [0.29, 0.717) is 17.5 Å². The van der Waals surface area contributed by atoms with Gasteiger partial charge < -0.3 is 13.5 Å². The molecule has 0 bridgehead atoms. The summed E-state index contributed by atoms with van der Waals surface area (Å²) < 4.78 is 12.6. The van der Waals surface area contributed by atoms with Gasteiger partial charge in [0.15, 0.2) is 11.0 Å². The van der Waals surface area contributed by atoms with Gasteiger partial charge in [0.2, 0.25) is 11.7 Å². The van der Waals surface area contributed by atoms with Gasteiger partial charge in [-0.25, -0.2) is 0 Å². The fourth-order valence-corrected chi connectivity index (χ4v) is 3.38. The number of nitrogens with zero attached hydrogens (tertiary/aromatic N) is 5. The molecule has 0 unspecified atom stereocenters. The number of rotatable bonds is 5. The Balaban J connectivity index is 1.49. The summed E-state index contributed by atoms with van der Waals surface area (Å²) in [6, 6.07) is 9.91. The van der Waals surface area contributed by atoms with Crippen LogP contribution in [0.3, 0.4) is 0 Å². The van der Waals surface area contributed by atoms with Gasteiger partial charge in [0.1, 0.15) is 5.76 Å². The van der Waals surface area contributed by atoms with E-state index in [2.05, 4.69) is 20.3 Å². The summed E-state index contributed by atoms with van der Waals surface area (Å²) in [5.74, 6) is 3.25. The van der Waals surface area contributed by atoms with E-state index in [0.717, 1.165) is 33.4 Å². The predicted molar refractivity (Wildman–Crippen MR) is 97.5 cm³/mol. The van der Waals surface area contributed by atoms with Gasteiger partial charge in [0.05, 0.1) is 17.6 Å². The molecule has 3 heterocycles. The molecule has 0 fully saturated rings. The summed E-state index contributed by atoms with van der Waals surface area (Å²) in [6.45, 7) is 3.94. The van der Waals surface area contributed by atoms with Crippen molar-refractivity contribution >= 4 is 11.8 Å². The molecule has 0 atom stereocenters. The third-order valence-corrected chi connectivity index (χ3v) is 5.01. The molecule has 0 aliphatic rings. The molecule has 0 spiro atoms. The Kier molecular flexibility index (Phi) is 4.34. The van der Waals surface area contributed by atoms with Crippen molar-refractivity contribution in [3.63, 3.8) is 0 Å². The number of hydrogen-bond acceptors (Lipinski definition) is 7.